The molecule has 0 aliphatic rings. The predicted octanol–water partition coefficient (Wildman–Crippen LogP) is 0.937. The number of amides is 2. The molecule has 0 saturated carbocycles. The zero-order chi connectivity index (χ0) is 18.3. The number of hydrogen-bond donors (Lipinski definition) is 4. The highest BCUT2D eigenvalue weighted by Gasteiger charge is 2.13. The van der Waals surface area contributed by atoms with Crippen LogP contribution in [0.15, 0.2) is 35.5 Å². The van der Waals surface area contributed by atoms with Crippen LogP contribution in [0.2, 0.25) is 0 Å². The summed E-state index contributed by atoms with van der Waals surface area (Å²) in [5.74, 6) is 0.641. The Hall–Kier alpha value is -2.31. The lowest BCUT2D eigenvalue weighted by Crippen LogP contribution is -2.31. The van der Waals surface area contributed by atoms with E-state index in [-0.39, 0.29) is 6.03 Å². The fraction of sp³-hybridized carbons (Fsp3) is 0.308. The molecular formula is C13H19N7O3S2. The van der Waals surface area contributed by atoms with Crippen molar-refractivity contribution in [3.8, 4) is 0 Å². The molecule has 0 aliphatic carbocycles. The minimum absolute atomic E-state index is 0.355. The smallest absolute Gasteiger partial charge is 0.319 e. The Balaban J connectivity index is 1.81. The van der Waals surface area contributed by atoms with E-state index in [0.29, 0.717) is 23.7 Å². The van der Waals surface area contributed by atoms with Gasteiger partial charge in [0.15, 0.2) is 0 Å². The number of aromatic amines is 1. The van der Waals surface area contributed by atoms with E-state index in [0.717, 1.165) is 9.33 Å². The number of rotatable bonds is 8. The molecule has 0 radical (unpaired) electrons. The second-order valence-electron chi connectivity index (χ2n) is 5.01. The van der Waals surface area contributed by atoms with Crippen LogP contribution in [0.4, 0.5) is 16.2 Å². The molecule has 2 amide bonds. The summed E-state index contributed by atoms with van der Waals surface area (Å²) in [6.45, 7) is 0.441. The molecular weight excluding hydrogens is 366 g/mol. The standard InChI is InChI=1S/C13H19N7O3S2/c1-20(2)25(22,23)18-11-5-3-4-10(8-11)16-13(21)14-6-7-24-12-9-15-19-17-12/h3-5,8-9,18H,6-7H2,1-2H3,(H2,14,16,21)(H,15,17,19). The highest BCUT2D eigenvalue weighted by Crippen LogP contribution is 2.17. The highest BCUT2D eigenvalue weighted by molar-refractivity contribution is 7.99. The van der Waals surface area contributed by atoms with E-state index >= 15 is 0 Å². The Morgan fingerprint density at radius 1 is 1.32 bits per heavy atom. The van der Waals surface area contributed by atoms with E-state index in [2.05, 4.69) is 30.8 Å². The number of thioether (sulfide) groups is 1. The van der Waals surface area contributed by atoms with Crippen LogP contribution in [-0.4, -0.2) is 60.6 Å². The fourth-order valence-electron chi connectivity index (χ4n) is 1.66. The lowest BCUT2D eigenvalue weighted by atomic mass is 10.3. The van der Waals surface area contributed by atoms with E-state index in [1.807, 2.05) is 0 Å². The third-order valence-electron chi connectivity index (χ3n) is 2.88. The molecule has 2 rings (SSSR count). The van der Waals surface area contributed by atoms with Gasteiger partial charge in [0.05, 0.1) is 11.9 Å². The van der Waals surface area contributed by atoms with E-state index in [1.54, 1.807) is 24.4 Å². The fourth-order valence-corrected chi connectivity index (χ4v) is 2.91. The number of H-pyrrole nitrogens is 1. The molecule has 1 aromatic heterocycles. The number of carbonyl (C=O) groups is 1. The summed E-state index contributed by atoms with van der Waals surface area (Å²) in [6, 6.07) is 6.05. The van der Waals surface area contributed by atoms with Gasteiger partial charge in [0.25, 0.3) is 0 Å². The van der Waals surface area contributed by atoms with E-state index in [9.17, 15) is 13.2 Å². The number of benzene rings is 1. The summed E-state index contributed by atoms with van der Waals surface area (Å²) >= 11 is 1.46. The van der Waals surface area contributed by atoms with Gasteiger partial charge in [-0.3, -0.25) is 4.72 Å². The van der Waals surface area contributed by atoms with Crippen LogP contribution < -0.4 is 15.4 Å². The van der Waals surface area contributed by atoms with Gasteiger partial charge in [0.1, 0.15) is 5.03 Å². The SMILES string of the molecule is CN(C)S(=O)(=O)Nc1cccc(NC(=O)NCCSc2cn[nH]n2)c1. The topological polar surface area (TPSA) is 132 Å². The highest BCUT2D eigenvalue weighted by atomic mass is 32.2. The van der Waals surface area contributed by atoms with Crippen molar-refractivity contribution in [2.24, 2.45) is 0 Å². The molecule has 0 fully saturated rings. The first-order chi connectivity index (χ1) is 11.9. The quantitative estimate of drug-likeness (QED) is 0.395. The third-order valence-corrected chi connectivity index (χ3v) is 5.23. The van der Waals surface area contributed by atoms with Crippen LogP contribution in [-0.2, 0) is 10.2 Å². The molecule has 1 aromatic carbocycles. The summed E-state index contributed by atoms with van der Waals surface area (Å²) in [4.78, 5) is 11.9. The molecule has 0 saturated heterocycles. The molecule has 0 unspecified atom stereocenters. The molecule has 25 heavy (non-hydrogen) atoms. The van der Waals surface area contributed by atoms with Crippen molar-refractivity contribution in [1.82, 2.24) is 25.0 Å². The average Bonchev–Trinajstić information content (AvgIpc) is 3.04. The maximum absolute atomic E-state index is 11.9. The Morgan fingerprint density at radius 2 is 2.08 bits per heavy atom. The maximum atomic E-state index is 11.9. The van der Waals surface area contributed by atoms with Crippen molar-refractivity contribution in [2.45, 2.75) is 5.03 Å². The van der Waals surface area contributed by atoms with Gasteiger partial charge in [-0.1, -0.05) is 6.07 Å². The van der Waals surface area contributed by atoms with Crippen molar-refractivity contribution in [2.75, 3.05) is 36.4 Å². The molecule has 1 heterocycles. The van der Waals surface area contributed by atoms with Crippen LogP contribution in [0.5, 0.6) is 0 Å². The minimum atomic E-state index is -3.60. The molecule has 0 bridgehead atoms. The lowest BCUT2D eigenvalue weighted by Gasteiger charge is -2.14. The van der Waals surface area contributed by atoms with Gasteiger partial charge in [0, 0.05) is 32.1 Å². The van der Waals surface area contributed by atoms with Gasteiger partial charge in [-0.05, 0) is 18.2 Å². The second kappa shape index (κ2) is 8.69. The van der Waals surface area contributed by atoms with Crippen molar-refractivity contribution >= 4 is 39.4 Å². The van der Waals surface area contributed by atoms with E-state index in [1.165, 1.54) is 31.9 Å². The zero-order valence-electron chi connectivity index (χ0n) is 13.7. The van der Waals surface area contributed by atoms with Crippen molar-refractivity contribution in [3.05, 3.63) is 30.5 Å². The summed E-state index contributed by atoms with van der Waals surface area (Å²) in [6.07, 6.45) is 1.60. The van der Waals surface area contributed by atoms with Gasteiger partial charge in [-0.2, -0.15) is 23.0 Å². The molecule has 136 valence electrons. The van der Waals surface area contributed by atoms with Gasteiger partial charge >= 0.3 is 16.2 Å². The average molecular weight is 385 g/mol. The number of nitrogens with zero attached hydrogens (tertiary/aromatic N) is 3. The van der Waals surface area contributed by atoms with Crippen molar-refractivity contribution in [3.63, 3.8) is 0 Å². The first-order valence-corrected chi connectivity index (χ1v) is 9.63. The summed E-state index contributed by atoms with van der Waals surface area (Å²) in [5, 5.41) is 16.2. The molecule has 10 nitrogen and oxygen atoms in total. The second-order valence-corrected chi connectivity index (χ2v) is 8.01. The number of anilines is 2. The molecule has 0 aliphatic heterocycles. The molecule has 0 spiro atoms. The van der Waals surface area contributed by atoms with Crippen molar-refractivity contribution in [1.29, 1.82) is 0 Å². The molecule has 12 heteroatoms. The van der Waals surface area contributed by atoms with Gasteiger partial charge < -0.3 is 10.6 Å². The minimum Gasteiger partial charge on any atom is -0.337 e. The van der Waals surface area contributed by atoms with Crippen LogP contribution in [0.25, 0.3) is 0 Å². The normalized spacial score (nSPS) is 11.3. The predicted molar refractivity (Wildman–Crippen MR) is 96.8 cm³/mol. The largest absolute Gasteiger partial charge is 0.337 e. The Kier molecular flexibility index (Phi) is 6.61. The number of urea groups is 1. The summed E-state index contributed by atoms with van der Waals surface area (Å²) in [5.41, 5.74) is 0.827. The number of aromatic nitrogens is 3. The summed E-state index contributed by atoms with van der Waals surface area (Å²) < 4.78 is 27.1. The lowest BCUT2D eigenvalue weighted by molar-refractivity contribution is 0.252. The van der Waals surface area contributed by atoms with Gasteiger partial charge in [-0.25, -0.2) is 4.79 Å². The van der Waals surface area contributed by atoms with Crippen LogP contribution in [0.3, 0.4) is 0 Å². The zero-order valence-corrected chi connectivity index (χ0v) is 15.3. The number of nitrogens with one attached hydrogen (secondary N) is 4. The third kappa shape index (κ3) is 6.25. The van der Waals surface area contributed by atoms with Gasteiger partial charge in [0.2, 0.25) is 0 Å². The van der Waals surface area contributed by atoms with Crippen LogP contribution in [0.1, 0.15) is 0 Å². The monoisotopic (exact) mass is 385 g/mol. The number of carbonyl (C=O) groups excluding carboxylic acids is 1. The summed E-state index contributed by atoms with van der Waals surface area (Å²) in [7, 11) is -0.746. The molecule has 2 aromatic rings. The Morgan fingerprint density at radius 3 is 2.76 bits per heavy atom. The van der Waals surface area contributed by atoms with Crippen molar-refractivity contribution < 1.29 is 13.2 Å². The van der Waals surface area contributed by atoms with E-state index < -0.39 is 10.2 Å². The molecule has 4 N–H and O–H groups in total. The first kappa shape index (κ1) is 19.0. The maximum Gasteiger partial charge on any atom is 0.319 e. The van der Waals surface area contributed by atoms with E-state index in [4.69, 9.17) is 0 Å². The Bertz CT molecular complexity index is 794. The van der Waals surface area contributed by atoms with Gasteiger partial charge in [-0.15, -0.1) is 16.9 Å². The molecule has 0 atom stereocenters. The number of hydrogen-bond acceptors (Lipinski definition) is 6. The van der Waals surface area contributed by atoms with Crippen LogP contribution in [0, 0.1) is 0 Å². The first-order valence-electron chi connectivity index (χ1n) is 7.20. The van der Waals surface area contributed by atoms with Crippen LogP contribution >= 0.6 is 11.8 Å². The Labute approximate surface area is 149 Å².